The topological polar surface area (TPSA) is 64.8 Å². The first-order valence-corrected chi connectivity index (χ1v) is 9.81. The minimum atomic E-state index is -0.391. The molecule has 0 unspecified atom stereocenters. The van der Waals surface area contributed by atoms with Crippen LogP contribution in [0.1, 0.15) is 27.3 Å². The number of nitrogens with one attached hydrogen (secondary N) is 1. The van der Waals surface area contributed by atoms with Crippen molar-refractivity contribution < 1.29 is 14.3 Å². The number of carbonyl (C=O) groups excluding carboxylic acids is 1. The Morgan fingerprint density at radius 1 is 1.10 bits per heavy atom. The number of carbonyl (C=O) groups is 1. The van der Waals surface area contributed by atoms with Crippen LogP contribution in [0.25, 0.3) is 5.69 Å². The summed E-state index contributed by atoms with van der Waals surface area (Å²) in [5.74, 6) is 0.604. The van der Waals surface area contributed by atoms with Gasteiger partial charge >= 0.3 is 0 Å². The zero-order valence-electron chi connectivity index (χ0n) is 17.0. The van der Waals surface area contributed by atoms with Crippen molar-refractivity contribution in [2.75, 3.05) is 14.2 Å². The van der Waals surface area contributed by atoms with Crippen LogP contribution in [0, 0.1) is 13.8 Å². The lowest BCUT2D eigenvalue weighted by atomic mass is 10.2. The van der Waals surface area contributed by atoms with E-state index in [4.69, 9.17) is 32.7 Å². The number of aryl methyl sites for hydroxylation is 1. The maximum atomic E-state index is 12.5. The first kappa shape index (κ1) is 21.7. The standard InChI is InChI=1S/C22H21Cl2N3O3/c1-13-10-15(14(2)27(13)19-7-5-6-18(23)21(19)24)12-25-26-22(28)17-9-8-16(29-3)11-20(17)30-4/h5-12H,1-4H3,(H,26,28)/b25-12-. The first-order chi connectivity index (χ1) is 14.4. The number of amides is 1. The molecule has 0 atom stereocenters. The summed E-state index contributed by atoms with van der Waals surface area (Å²) in [7, 11) is 3.04. The van der Waals surface area contributed by atoms with E-state index < -0.39 is 5.91 Å². The molecule has 0 spiro atoms. The number of rotatable bonds is 6. The van der Waals surface area contributed by atoms with Gasteiger partial charge in [-0.3, -0.25) is 4.79 Å². The molecule has 1 aromatic heterocycles. The molecule has 2 aromatic carbocycles. The van der Waals surface area contributed by atoms with Crippen molar-refractivity contribution in [2.24, 2.45) is 5.10 Å². The SMILES string of the molecule is COc1ccc(C(=O)N/N=C\c2cc(C)n(-c3cccc(Cl)c3Cl)c2C)c(OC)c1. The molecule has 1 heterocycles. The van der Waals surface area contributed by atoms with Gasteiger partial charge in [-0.15, -0.1) is 0 Å². The van der Waals surface area contributed by atoms with Crippen LogP contribution in [-0.4, -0.2) is 30.9 Å². The van der Waals surface area contributed by atoms with Gasteiger partial charge in [0.15, 0.2) is 0 Å². The summed E-state index contributed by atoms with van der Waals surface area (Å²) in [6.45, 7) is 3.91. The fourth-order valence-corrected chi connectivity index (χ4v) is 3.54. The molecule has 3 rings (SSSR count). The highest BCUT2D eigenvalue weighted by Gasteiger charge is 2.15. The molecule has 0 aliphatic heterocycles. The van der Waals surface area contributed by atoms with Crippen molar-refractivity contribution >= 4 is 35.3 Å². The van der Waals surface area contributed by atoms with E-state index in [-0.39, 0.29) is 0 Å². The number of methoxy groups -OCH3 is 2. The Bertz CT molecular complexity index is 1120. The third kappa shape index (κ3) is 4.30. The monoisotopic (exact) mass is 445 g/mol. The van der Waals surface area contributed by atoms with Gasteiger partial charge in [0.05, 0.1) is 41.7 Å². The number of hydrogen-bond donors (Lipinski definition) is 1. The van der Waals surface area contributed by atoms with E-state index in [9.17, 15) is 4.79 Å². The van der Waals surface area contributed by atoms with Gasteiger partial charge in [-0.1, -0.05) is 29.3 Å². The highest BCUT2D eigenvalue weighted by molar-refractivity contribution is 6.43. The maximum Gasteiger partial charge on any atom is 0.275 e. The minimum absolute atomic E-state index is 0.353. The van der Waals surface area contributed by atoms with Crippen molar-refractivity contribution in [1.29, 1.82) is 0 Å². The van der Waals surface area contributed by atoms with E-state index in [0.29, 0.717) is 27.1 Å². The summed E-state index contributed by atoms with van der Waals surface area (Å²) in [6, 6.07) is 12.4. The minimum Gasteiger partial charge on any atom is -0.497 e. The molecule has 6 nitrogen and oxygen atoms in total. The van der Waals surface area contributed by atoms with E-state index in [0.717, 1.165) is 22.6 Å². The van der Waals surface area contributed by atoms with Crippen molar-refractivity contribution in [1.82, 2.24) is 9.99 Å². The number of nitrogens with zero attached hydrogens (tertiary/aromatic N) is 2. The van der Waals surface area contributed by atoms with Crippen LogP contribution >= 0.6 is 23.2 Å². The van der Waals surface area contributed by atoms with E-state index in [1.165, 1.54) is 7.11 Å². The number of aromatic nitrogens is 1. The lowest BCUT2D eigenvalue weighted by molar-refractivity contribution is 0.0952. The summed E-state index contributed by atoms with van der Waals surface area (Å²) < 4.78 is 12.4. The number of ether oxygens (including phenoxy) is 2. The second kappa shape index (κ2) is 9.24. The maximum absolute atomic E-state index is 12.5. The number of benzene rings is 2. The Morgan fingerprint density at radius 3 is 2.57 bits per heavy atom. The molecule has 0 saturated carbocycles. The molecular weight excluding hydrogens is 425 g/mol. The summed E-state index contributed by atoms with van der Waals surface area (Å²) in [4.78, 5) is 12.5. The Labute approximate surface area is 185 Å². The van der Waals surface area contributed by atoms with Crippen LogP contribution in [-0.2, 0) is 0 Å². The van der Waals surface area contributed by atoms with Gasteiger partial charge in [0, 0.05) is 23.0 Å². The average molecular weight is 446 g/mol. The predicted octanol–water partition coefficient (Wildman–Crippen LogP) is 5.18. The molecule has 8 heteroatoms. The second-order valence-corrected chi connectivity index (χ2v) is 7.29. The van der Waals surface area contributed by atoms with Gasteiger partial charge in [0.25, 0.3) is 5.91 Å². The van der Waals surface area contributed by atoms with Crippen LogP contribution in [0.5, 0.6) is 11.5 Å². The summed E-state index contributed by atoms with van der Waals surface area (Å²) in [5.41, 5.74) is 6.38. The van der Waals surface area contributed by atoms with Gasteiger partial charge in [0.1, 0.15) is 11.5 Å². The Balaban J connectivity index is 1.83. The fraction of sp³-hybridized carbons (Fsp3) is 0.182. The molecule has 0 aliphatic carbocycles. The summed E-state index contributed by atoms with van der Waals surface area (Å²) in [5, 5.41) is 5.06. The largest absolute Gasteiger partial charge is 0.497 e. The Kier molecular flexibility index (Phi) is 6.70. The molecule has 156 valence electrons. The lowest BCUT2D eigenvalue weighted by Gasteiger charge is -2.12. The third-order valence-corrected chi connectivity index (χ3v) is 5.47. The molecule has 1 N–H and O–H groups in total. The van der Waals surface area contributed by atoms with Crippen LogP contribution < -0.4 is 14.9 Å². The fourth-order valence-electron chi connectivity index (χ4n) is 3.16. The predicted molar refractivity (Wildman–Crippen MR) is 120 cm³/mol. The molecule has 0 saturated heterocycles. The van der Waals surface area contributed by atoms with Gasteiger partial charge < -0.3 is 14.0 Å². The number of hydrogen-bond acceptors (Lipinski definition) is 4. The van der Waals surface area contributed by atoms with E-state index >= 15 is 0 Å². The quantitative estimate of drug-likeness (QED) is 0.419. The smallest absolute Gasteiger partial charge is 0.275 e. The zero-order chi connectivity index (χ0) is 21.8. The summed E-state index contributed by atoms with van der Waals surface area (Å²) in [6.07, 6.45) is 1.59. The van der Waals surface area contributed by atoms with E-state index in [1.54, 1.807) is 37.6 Å². The van der Waals surface area contributed by atoms with E-state index in [2.05, 4.69) is 10.5 Å². The van der Waals surface area contributed by atoms with Crippen LogP contribution in [0.3, 0.4) is 0 Å². The average Bonchev–Trinajstić information content (AvgIpc) is 3.02. The second-order valence-electron chi connectivity index (χ2n) is 6.50. The summed E-state index contributed by atoms with van der Waals surface area (Å²) >= 11 is 12.5. The molecule has 30 heavy (non-hydrogen) atoms. The highest BCUT2D eigenvalue weighted by atomic mass is 35.5. The normalized spacial score (nSPS) is 11.0. The van der Waals surface area contributed by atoms with Gasteiger partial charge in [-0.05, 0) is 44.2 Å². The van der Waals surface area contributed by atoms with Crippen molar-refractivity contribution in [3.63, 3.8) is 0 Å². The molecule has 0 aliphatic rings. The first-order valence-electron chi connectivity index (χ1n) is 9.06. The van der Waals surface area contributed by atoms with Crippen LogP contribution in [0.4, 0.5) is 0 Å². The number of hydrazone groups is 1. The number of halogens is 2. The van der Waals surface area contributed by atoms with Gasteiger partial charge in [-0.25, -0.2) is 5.43 Å². The zero-order valence-corrected chi connectivity index (χ0v) is 18.5. The van der Waals surface area contributed by atoms with Crippen LogP contribution in [0.15, 0.2) is 47.6 Å². The van der Waals surface area contributed by atoms with E-state index in [1.807, 2.05) is 36.6 Å². The molecule has 0 bridgehead atoms. The van der Waals surface area contributed by atoms with Crippen molar-refractivity contribution in [3.05, 3.63) is 75.0 Å². The molecular formula is C22H21Cl2N3O3. The molecule has 0 fully saturated rings. The molecule has 1 amide bonds. The van der Waals surface area contributed by atoms with Crippen LogP contribution in [0.2, 0.25) is 10.0 Å². The van der Waals surface area contributed by atoms with Gasteiger partial charge in [-0.2, -0.15) is 5.10 Å². The molecule has 3 aromatic rings. The molecule has 0 radical (unpaired) electrons. The Morgan fingerprint density at radius 2 is 1.87 bits per heavy atom. The van der Waals surface area contributed by atoms with Crippen molar-refractivity contribution in [2.45, 2.75) is 13.8 Å². The highest BCUT2D eigenvalue weighted by Crippen LogP contribution is 2.31. The third-order valence-electron chi connectivity index (χ3n) is 4.67. The lowest BCUT2D eigenvalue weighted by Crippen LogP contribution is -2.18. The van der Waals surface area contributed by atoms with Gasteiger partial charge in [0.2, 0.25) is 0 Å². The Hall–Kier alpha value is -2.96. The van der Waals surface area contributed by atoms with Crippen molar-refractivity contribution in [3.8, 4) is 17.2 Å².